The predicted octanol–water partition coefficient (Wildman–Crippen LogP) is 4.07. The fraction of sp³-hybridized carbons (Fsp3) is 0.185. The Morgan fingerprint density at radius 2 is 1.47 bits per heavy atom. The molecule has 1 aromatic heterocycles. The van der Waals surface area contributed by atoms with Gasteiger partial charge in [-0.25, -0.2) is 0 Å². The molecule has 0 radical (unpaired) electrons. The lowest BCUT2D eigenvalue weighted by Gasteiger charge is -2.18. The van der Waals surface area contributed by atoms with E-state index in [0.717, 1.165) is 11.1 Å². The topological polar surface area (TPSA) is 89.7 Å². The molecule has 0 unspecified atom stereocenters. The molecule has 4 rings (SSSR count). The number of aromatic nitrogens is 1. The first-order valence-corrected chi connectivity index (χ1v) is 10.8. The number of nitrogens with one attached hydrogen (secondary N) is 2. The zero-order valence-electron chi connectivity index (χ0n) is 19.3. The maximum absolute atomic E-state index is 13.3. The van der Waals surface area contributed by atoms with Crippen LogP contribution in [0.5, 0.6) is 17.2 Å². The number of benzene rings is 3. The molecule has 0 saturated carbocycles. The van der Waals surface area contributed by atoms with Crippen molar-refractivity contribution in [2.24, 2.45) is 0 Å². The second-order valence-electron chi connectivity index (χ2n) is 7.71. The second-order valence-corrected chi connectivity index (χ2v) is 7.71. The smallest absolute Gasteiger partial charge is 0.268 e. The molecular formula is C27H26N2O5. The number of hydrogen-bond donors (Lipinski definition) is 2. The highest BCUT2D eigenvalue weighted by Crippen LogP contribution is 2.45. The molecule has 174 valence electrons. The number of aromatic amines is 1. The molecule has 0 spiro atoms. The van der Waals surface area contributed by atoms with Gasteiger partial charge < -0.3 is 24.5 Å². The summed E-state index contributed by atoms with van der Waals surface area (Å²) in [7, 11) is 4.51. The summed E-state index contributed by atoms with van der Waals surface area (Å²) in [4.78, 5) is 29.3. The van der Waals surface area contributed by atoms with Crippen LogP contribution in [0, 0.1) is 0 Å². The van der Waals surface area contributed by atoms with Crippen LogP contribution >= 0.6 is 0 Å². The van der Waals surface area contributed by atoms with E-state index < -0.39 is 5.91 Å². The van der Waals surface area contributed by atoms with Crippen LogP contribution in [-0.4, -0.2) is 32.2 Å². The first kappa shape index (κ1) is 22.9. The Balaban J connectivity index is 1.90. The van der Waals surface area contributed by atoms with E-state index in [9.17, 15) is 9.59 Å². The van der Waals surface area contributed by atoms with E-state index in [2.05, 4.69) is 10.3 Å². The summed E-state index contributed by atoms with van der Waals surface area (Å²) < 4.78 is 16.8. The third-order valence-corrected chi connectivity index (χ3v) is 5.66. The number of carbonyl (C=O) groups excluding carboxylic acids is 1. The number of pyridine rings is 1. The molecule has 0 aliphatic carbocycles. The molecule has 2 N–H and O–H groups in total. The summed E-state index contributed by atoms with van der Waals surface area (Å²) in [6.45, 7) is 0.319. The Labute approximate surface area is 197 Å². The van der Waals surface area contributed by atoms with E-state index in [1.54, 1.807) is 6.07 Å². The molecule has 1 amide bonds. The second kappa shape index (κ2) is 10.1. The van der Waals surface area contributed by atoms with Crippen molar-refractivity contribution in [1.29, 1.82) is 0 Å². The summed E-state index contributed by atoms with van der Waals surface area (Å²) in [5, 5.41) is 3.90. The first-order chi connectivity index (χ1) is 16.6. The minimum atomic E-state index is -0.411. The number of rotatable bonds is 8. The lowest BCUT2D eigenvalue weighted by Crippen LogP contribution is -2.28. The highest BCUT2D eigenvalue weighted by Gasteiger charge is 2.25. The van der Waals surface area contributed by atoms with Crippen molar-refractivity contribution in [1.82, 2.24) is 10.3 Å². The minimum absolute atomic E-state index is 0.131. The maximum atomic E-state index is 13.3. The van der Waals surface area contributed by atoms with Gasteiger partial charge in [-0.3, -0.25) is 9.59 Å². The monoisotopic (exact) mass is 458 g/mol. The number of methoxy groups -OCH3 is 3. The Bertz CT molecular complexity index is 1370. The van der Waals surface area contributed by atoms with E-state index in [1.165, 1.54) is 21.3 Å². The molecule has 3 aromatic carbocycles. The lowest BCUT2D eigenvalue weighted by molar-refractivity contribution is 0.0947. The standard InChI is InChI=1S/C27H26N2O5/c1-32-21-15-19-22(25(34-3)24(21)33-2)20(14-17-10-6-4-7-11-17)26(30)29-23(19)27(31)28-16-18-12-8-5-9-13-18/h4-13,15H,14,16H2,1-3H3,(H,28,31)(H,29,30). The Hall–Kier alpha value is -4.26. The molecule has 0 saturated heterocycles. The number of amides is 1. The van der Waals surface area contributed by atoms with Crippen molar-refractivity contribution in [3.05, 3.63) is 99.5 Å². The van der Waals surface area contributed by atoms with Crippen LogP contribution in [0.1, 0.15) is 27.2 Å². The van der Waals surface area contributed by atoms with Crippen LogP contribution < -0.4 is 25.1 Å². The molecule has 0 aliphatic rings. The highest BCUT2D eigenvalue weighted by atomic mass is 16.5. The van der Waals surface area contributed by atoms with Gasteiger partial charge in [0.15, 0.2) is 11.5 Å². The van der Waals surface area contributed by atoms with E-state index in [0.29, 0.717) is 46.6 Å². The zero-order valence-corrected chi connectivity index (χ0v) is 19.3. The van der Waals surface area contributed by atoms with Gasteiger partial charge in [0.2, 0.25) is 5.75 Å². The molecule has 0 atom stereocenters. The van der Waals surface area contributed by atoms with Crippen molar-refractivity contribution in [2.75, 3.05) is 21.3 Å². The van der Waals surface area contributed by atoms with Crippen LogP contribution in [0.2, 0.25) is 0 Å². The number of fused-ring (bicyclic) bond motifs is 1. The van der Waals surface area contributed by atoms with Crippen molar-refractivity contribution < 1.29 is 19.0 Å². The molecule has 34 heavy (non-hydrogen) atoms. The van der Waals surface area contributed by atoms with Crippen molar-refractivity contribution in [3.63, 3.8) is 0 Å². The lowest BCUT2D eigenvalue weighted by atomic mass is 9.97. The Kier molecular flexibility index (Phi) is 6.82. The molecule has 1 heterocycles. The quantitative estimate of drug-likeness (QED) is 0.415. The highest BCUT2D eigenvalue weighted by molar-refractivity contribution is 6.09. The van der Waals surface area contributed by atoms with Gasteiger partial charge >= 0.3 is 0 Å². The molecular weight excluding hydrogens is 432 g/mol. The Morgan fingerprint density at radius 1 is 0.853 bits per heavy atom. The fourth-order valence-corrected chi connectivity index (χ4v) is 4.04. The molecule has 0 aliphatic heterocycles. The summed E-state index contributed by atoms with van der Waals surface area (Å²) in [6.07, 6.45) is 0.352. The summed E-state index contributed by atoms with van der Waals surface area (Å²) in [6, 6.07) is 20.9. The summed E-state index contributed by atoms with van der Waals surface area (Å²) in [5.41, 5.74) is 2.13. The van der Waals surface area contributed by atoms with Gasteiger partial charge in [0.25, 0.3) is 11.5 Å². The Morgan fingerprint density at radius 3 is 2.06 bits per heavy atom. The van der Waals surface area contributed by atoms with E-state index in [-0.39, 0.29) is 11.3 Å². The normalized spacial score (nSPS) is 10.7. The average Bonchev–Trinajstić information content (AvgIpc) is 2.88. The third kappa shape index (κ3) is 4.45. The number of ether oxygens (including phenoxy) is 3. The van der Waals surface area contributed by atoms with Crippen LogP contribution in [0.4, 0.5) is 0 Å². The van der Waals surface area contributed by atoms with E-state index in [1.807, 2.05) is 60.7 Å². The SMILES string of the molecule is COc1cc2c(C(=O)NCc3ccccc3)[nH]c(=O)c(Cc3ccccc3)c2c(OC)c1OC. The van der Waals surface area contributed by atoms with Crippen molar-refractivity contribution >= 4 is 16.7 Å². The number of carbonyl (C=O) groups is 1. The van der Waals surface area contributed by atoms with Gasteiger partial charge in [-0.15, -0.1) is 0 Å². The largest absolute Gasteiger partial charge is 0.493 e. The van der Waals surface area contributed by atoms with Gasteiger partial charge in [0.05, 0.1) is 21.3 Å². The van der Waals surface area contributed by atoms with Gasteiger partial charge in [-0.2, -0.15) is 0 Å². The average molecular weight is 459 g/mol. The first-order valence-electron chi connectivity index (χ1n) is 10.8. The molecule has 0 bridgehead atoms. The van der Waals surface area contributed by atoms with Gasteiger partial charge in [0.1, 0.15) is 5.69 Å². The summed E-state index contributed by atoms with van der Waals surface area (Å²) >= 11 is 0. The van der Waals surface area contributed by atoms with E-state index in [4.69, 9.17) is 14.2 Å². The van der Waals surface area contributed by atoms with Crippen LogP contribution in [0.15, 0.2) is 71.5 Å². The van der Waals surface area contributed by atoms with Crippen molar-refractivity contribution in [3.8, 4) is 17.2 Å². The van der Waals surface area contributed by atoms with Crippen molar-refractivity contribution in [2.45, 2.75) is 13.0 Å². The minimum Gasteiger partial charge on any atom is -0.493 e. The number of H-pyrrole nitrogens is 1. The van der Waals surface area contributed by atoms with Gasteiger partial charge in [-0.05, 0) is 17.2 Å². The van der Waals surface area contributed by atoms with Crippen LogP contribution in [-0.2, 0) is 13.0 Å². The molecule has 7 heteroatoms. The van der Waals surface area contributed by atoms with Gasteiger partial charge in [-0.1, -0.05) is 60.7 Å². The number of hydrogen-bond acceptors (Lipinski definition) is 5. The fourth-order valence-electron chi connectivity index (χ4n) is 4.04. The predicted molar refractivity (Wildman–Crippen MR) is 131 cm³/mol. The molecule has 7 nitrogen and oxygen atoms in total. The summed E-state index contributed by atoms with van der Waals surface area (Å²) in [5.74, 6) is 0.673. The van der Waals surface area contributed by atoms with Crippen LogP contribution in [0.25, 0.3) is 10.8 Å². The molecule has 0 fully saturated rings. The molecule has 4 aromatic rings. The third-order valence-electron chi connectivity index (χ3n) is 5.66. The van der Waals surface area contributed by atoms with Crippen LogP contribution in [0.3, 0.4) is 0 Å². The zero-order chi connectivity index (χ0) is 24.1. The van der Waals surface area contributed by atoms with E-state index >= 15 is 0 Å². The van der Waals surface area contributed by atoms with Gasteiger partial charge in [0, 0.05) is 29.3 Å². The maximum Gasteiger partial charge on any atom is 0.268 e.